The summed E-state index contributed by atoms with van der Waals surface area (Å²) in [6.45, 7) is 2.11. The van der Waals surface area contributed by atoms with E-state index in [0.29, 0.717) is 4.90 Å². The predicted octanol–water partition coefficient (Wildman–Crippen LogP) is 3.81. The van der Waals surface area contributed by atoms with Gasteiger partial charge in [0.2, 0.25) is 0 Å². The van der Waals surface area contributed by atoms with Gasteiger partial charge in [-0.2, -0.15) is 0 Å². The maximum absolute atomic E-state index is 13.3. The molecule has 0 aliphatic carbocycles. The molecule has 0 bridgehead atoms. The second-order valence-corrected chi connectivity index (χ2v) is 4.64. The van der Waals surface area contributed by atoms with Crippen molar-refractivity contribution in [1.82, 2.24) is 0 Å². The summed E-state index contributed by atoms with van der Waals surface area (Å²) in [6.07, 6.45) is 3.27. The van der Waals surface area contributed by atoms with Gasteiger partial charge >= 0.3 is 5.97 Å². The number of aromatic carboxylic acids is 1. The number of thioether (sulfide) groups is 1. The Kier molecular flexibility index (Phi) is 5.32. The van der Waals surface area contributed by atoms with Crippen LogP contribution in [-0.4, -0.2) is 16.8 Å². The van der Waals surface area contributed by atoms with Crippen molar-refractivity contribution in [1.29, 1.82) is 0 Å². The zero-order chi connectivity index (χ0) is 12.0. The van der Waals surface area contributed by atoms with Gasteiger partial charge in [-0.1, -0.05) is 19.8 Å². The fourth-order valence-corrected chi connectivity index (χ4v) is 2.27. The molecule has 0 saturated carbocycles. The van der Waals surface area contributed by atoms with Gasteiger partial charge in [-0.15, -0.1) is 11.8 Å². The summed E-state index contributed by atoms with van der Waals surface area (Å²) in [7, 11) is 0. The van der Waals surface area contributed by atoms with Gasteiger partial charge in [0.15, 0.2) is 0 Å². The van der Waals surface area contributed by atoms with Gasteiger partial charge < -0.3 is 5.11 Å². The van der Waals surface area contributed by atoms with E-state index >= 15 is 0 Å². The fourth-order valence-electron chi connectivity index (χ4n) is 1.28. The number of hydrogen-bond acceptors (Lipinski definition) is 2. The summed E-state index contributed by atoms with van der Waals surface area (Å²) < 4.78 is 13.3. The van der Waals surface area contributed by atoms with Gasteiger partial charge in [-0.05, 0) is 30.4 Å². The minimum Gasteiger partial charge on any atom is -0.478 e. The van der Waals surface area contributed by atoms with Crippen molar-refractivity contribution in [2.24, 2.45) is 0 Å². The monoisotopic (exact) mass is 242 g/mol. The summed E-state index contributed by atoms with van der Waals surface area (Å²) in [5, 5.41) is 8.78. The van der Waals surface area contributed by atoms with Crippen LogP contribution in [0, 0.1) is 5.82 Å². The second-order valence-electron chi connectivity index (χ2n) is 3.51. The van der Waals surface area contributed by atoms with E-state index in [1.54, 1.807) is 0 Å². The van der Waals surface area contributed by atoms with Crippen LogP contribution in [0.2, 0.25) is 0 Å². The van der Waals surface area contributed by atoms with Gasteiger partial charge in [0.25, 0.3) is 0 Å². The van der Waals surface area contributed by atoms with Gasteiger partial charge in [0, 0.05) is 4.90 Å². The molecule has 2 nitrogen and oxygen atoms in total. The van der Waals surface area contributed by atoms with Crippen molar-refractivity contribution in [3.63, 3.8) is 0 Å². The molecule has 0 saturated heterocycles. The molecule has 0 spiro atoms. The van der Waals surface area contributed by atoms with E-state index < -0.39 is 5.97 Å². The molecular formula is C12H15FO2S. The smallest absolute Gasteiger partial charge is 0.335 e. The molecule has 0 fully saturated rings. The number of benzene rings is 1. The van der Waals surface area contributed by atoms with Crippen molar-refractivity contribution in [2.75, 3.05) is 5.75 Å². The number of rotatable bonds is 6. The summed E-state index contributed by atoms with van der Waals surface area (Å²) in [6, 6.07) is 3.90. The molecule has 1 aromatic rings. The quantitative estimate of drug-likeness (QED) is 0.609. The standard InChI is InChI=1S/C12H15FO2S/c1-2-3-4-7-16-11-8-9(12(14)15)5-6-10(11)13/h5-6,8H,2-4,7H2,1H3,(H,14,15). The summed E-state index contributed by atoms with van der Waals surface area (Å²) in [5.74, 6) is -0.532. The molecule has 0 aliphatic heterocycles. The van der Waals surface area contributed by atoms with Crippen LogP contribution in [0.25, 0.3) is 0 Å². The maximum atomic E-state index is 13.3. The van der Waals surface area contributed by atoms with E-state index in [1.165, 1.54) is 30.0 Å². The molecule has 16 heavy (non-hydrogen) atoms. The van der Waals surface area contributed by atoms with Crippen molar-refractivity contribution in [2.45, 2.75) is 31.1 Å². The first-order chi connectivity index (χ1) is 7.65. The summed E-state index contributed by atoms with van der Waals surface area (Å²) >= 11 is 1.38. The first-order valence-corrected chi connectivity index (χ1v) is 6.29. The zero-order valence-corrected chi connectivity index (χ0v) is 10.0. The Bertz CT molecular complexity index is 366. The van der Waals surface area contributed by atoms with Gasteiger partial charge in [0.05, 0.1) is 5.56 Å². The maximum Gasteiger partial charge on any atom is 0.335 e. The molecule has 4 heteroatoms. The molecule has 88 valence electrons. The van der Waals surface area contributed by atoms with Gasteiger partial charge in [-0.3, -0.25) is 0 Å². The number of carboxylic acid groups (broad SMARTS) is 1. The highest BCUT2D eigenvalue weighted by molar-refractivity contribution is 7.99. The molecule has 1 rings (SSSR count). The Labute approximate surface area is 98.9 Å². The molecule has 0 amide bonds. The Morgan fingerprint density at radius 1 is 1.44 bits per heavy atom. The average molecular weight is 242 g/mol. The normalized spacial score (nSPS) is 10.4. The van der Waals surface area contributed by atoms with E-state index in [-0.39, 0.29) is 11.4 Å². The molecule has 0 heterocycles. The molecule has 0 aliphatic rings. The Balaban J connectivity index is 2.63. The minimum absolute atomic E-state index is 0.138. The third-order valence-electron chi connectivity index (χ3n) is 2.18. The SMILES string of the molecule is CCCCCSc1cc(C(=O)O)ccc1F. The van der Waals surface area contributed by atoms with Crippen molar-refractivity contribution < 1.29 is 14.3 Å². The fraction of sp³-hybridized carbons (Fsp3) is 0.417. The lowest BCUT2D eigenvalue weighted by atomic mass is 10.2. The van der Waals surface area contributed by atoms with Crippen LogP contribution in [-0.2, 0) is 0 Å². The highest BCUT2D eigenvalue weighted by atomic mass is 32.2. The molecule has 0 atom stereocenters. The summed E-state index contributed by atoms with van der Waals surface area (Å²) in [5.41, 5.74) is 0.138. The van der Waals surface area contributed by atoms with Crippen LogP contribution in [0.1, 0.15) is 36.5 Å². The third kappa shape index (κ3) is 3.85. The lowest BCUT2D eigenvalue weighted by Crippen LogP contribution is -1.97. The Morgan fingerprint density at radius 2 is 2.19 bits per heavy atom. The van der Waals surface area contributed by atoms with Crippen LogP contribution in [0.4, 0.5) is 4.39 Å². The minimum atomic E-state index is -1.02. The Morgan fingerprint density at radius 3 is 2.81 bits per heavy atom. The summed E-state index contributed by atoms with van der Waals surface area (Å²) in [4.78, 5) is 11.1. The number of halogens is 1. The van der Waals surface area contributed by atoms with Gasteiger partial charge in [0.1, 0.15) is 5.82 Å². The molecule has 0 aromatic heterocycles. The number of unbranched alkanes of at least 4 members (excludes halogenated alkanes) is 2. The van der Waals surface area contributed by atoms with Gasteiger partial charge in [-0.25, -0.2) is 9.18 Å². The lowest BCUT2D eigenvalue weighted by molar-refractivity contribution is 0.0696. The highest BCUT2D eigenvalue weighted by Crippen LogP contribution is 2.24. The van der Waals surface area contributed by atoms with Crippen LogP contribution >= 0.6 is 11.8 Å². The largest absolute Gasteiger partial charge is 0.478 e. The highest BCUT2D eigenvalue weighted by Gasteiger charge is 2.08. The van der Waals surface area contributed by atoms with E-state index in [4.69, 9.17) is 5.11 Å². The molecule has 1 N–H and O–H groups in total. The predicted molar refractivity (Wildman–Crippen MR) is 63.6 cm³/mol. The van der Waals surface area contributed by atoms with E-state index in [1.807, 2.05) is 0 Å². The lowest BCUT2D eigenvalue weighted by Gasteiger charge is -2.04. The van der Waals surface area contributed by atoms with E-state index in [2.05, 4.69) is 6.92 Å². The molecule has 1 aromatic carbocycles. The Hall–Kier alpha value is -1.03. The van der Waals surface area contributed by atoms with Crippen molar-refractivity contribution in [3.05, 3.63) is 29.6 Å². The second kappa shape index (κ2) is 6.53. The first-order valence-electron chi connectivity index (χ1n) is 5.30. The topological polar surface area (TPSA) is 37.3 Å². The van der Waals surface area contributed by atoms with Crippen LogP contribution < -0.4 is 0 Å². The molecule has 0 radical (unpaired) electrons. The first kappa shape index (κ1) is 13.0. The van der Waals surface area contributed by atoms with Crippen LogP contribution in [0.15, 0.2) is 23.1 Å². The van der Waals surface area contributed by atoms with Crippen LogP contribution in [0.5, 0.6) is 0 Å². The number of carbonyl (C=O) groups is 1. The van der Waals surface area contributed by atoms with E-state index in [0.717, 1.165) is 25.0 Å². The third-order valence-corrected chi connectivity index (χ3v) is 3.30. The zero-order valence-electron chi connectivity index (χ0n) is 9.20. The van der Waals surface area contributed by atoms with Crippen LogP contribution in [0.3, 0.4) is 0 Å². The average Bonchev–Trinajstić information content (AvgIpc) is 2.26. The van der Waals surface area contributed by atoms with E-state index in [9.17, 15) is 9.18 Å². The molecule has 0 unspecified atom stereocenters. The van der Waals surface area contributed by atoms with Crippen molar-refractivity contribution >= 4 is 17.7 Å². The molecular weight excluding hydrogens is 227 g/mol. The number of hydrogen-bond donors (Lipinski definition) is 1. The van der Waals surface area contributed by atoms with Crippen molar-refractivity contribution in [3.8, 4) is 0 Å². The number of carboxylic acids is 1.